The molecule has 1 saturated heterocycles. The molecule has 4 heteroatoms. The molecule has 0 bridgehead atoms. The van der Waals surface area contributed by atoms with E-state index < -0.39 is 0 Å². The summed E-state index contributed by atoms with van der Waals surface area (Å²) in [5.74, 6) is 1.53. The highest BCUT2D eigenvalue weighted by Crippen LogP contribution is 2.26. The third-order valence-electron chi connectivity index (χ3n) is 2.71. The Hall–Kier alpha value is -0.280. The molecule has 0 radical (unpaired) electrons. The Morgan fingerprint density at radius 1 is 1.57 bits per heavy atom. The number of hydrogen-bond acceptors (Lipinski definition) is 3. The first-order valence-corrected chi connectivity index (χ1v) is 6.44. The summed E-state index contributed by atoms with van der Waals surface area (Å²) in [4.78, 5) is 6.87. The van der Waals surface area contributed by atoms with Crippen LogP contribution in [-0.2, 0) is 0 Å². The average Bonchev–Trinajstić information content (AvgIpc) is 2.65. The maximum absolute atomic E-state index is 5.85. The molecule has 2 rings (SSSR count). The Bertz CT molecular complexity index is 292. The zero-order valence-electron chi connectivity index (χ0n) is 8.37. The van der Waals surface area contributed by atoms with Crippen LogP contribution in [0, 0.1) is 12.8 Å². The molecule has 78 valence electrons. The molecule has 0 atom stereocenters. The minimum absolute atomic E-state index is 0.717. The second kappa shape index (κ2) is 4.49. The highest BCUT2D eigenvalue weighted by atomic mass is 35.5. The van der Waals surface area contributed by atoms with Crippen molar-refractivity contribution < 1.29 is 0 Å². The van der Waals surface area contributed by atoms with E-state index in [0.717, 1.165) is 24.7 Å². The van der Waals surface area contributed by atoms with E-state index in [0.29, 0.717) is 5.92 Å². The Morgan fingerprint density at radius 2 is 2.29 bits per heavy atom. The number of hydrogen-bond donors (Lipinski definition) is 0. The monoisotopic (exact) mass is 230 g/mol. The lowest BCUT2D eigenvalue weighted by molar-refractivity contribution is 0.442. The van der Waals surface area contributed by atoms with Gasteiger partial charge in [-0.2, -0.15) is 0 Å². The lowest BCUT2D eigenvalue weighted by atomic mass is 9.99. The molecule has 0 spiro atoms. The summed E-state index contributed by atoms with van der Waals surface area (Å²) in [6.07, 6.45) is 2.42. The van der Waals surface area contributed by atoms with Crippen LogP contribution in [0.15, 0.2) is 5.38 Å². The smallest absolute Gasteiger partial charge is 0.185 e. The van der Waals surface area contributed by atoms with E-state index in [1.807, 2.05) is 6.92 Å². The van der Waals surface area contributed by atoms with Gasteiger partial charge in [0.05, 0.1) is 5.69 Å². The van der Waals surface area contributed by atoms with Crippen LogP contribution in [0.1, 0.15) is 18.5 Å². The fraction of sp³-hybridized carbons (Fsp3) is 0.700. The molecule has 14 heavy (non-hydrogen) atoms. The van der Waals surface area contributed by atoms with Crippen molar-refractivity contribution in [2.24, 2.45) is 5.92 Å². The minimum Gasteiger partial charge on any atom is -0.348 e. The molecular weight excluding hydrogens is 216 g/mol. The van der Waals surface area contributed by atoms with E-state index >= 15 is 0 Å². The molecule has 0 N–H and O–H groups in total. The second-order valence-electron chi connectivity index (χ2n) is 3.86. The SMILES string of the molecule is Cc1csc(N2CCC(CCl)CC2)n1. The van der Waals surface area contributed by atoms with Gasteiger partial charge in [-0.05, 0) is 25.7 Å². The highest BCUT2D eigenvalue weighted by molar-refractivity contribution is 7.13. The van der Waals surface area contributed by atoms with Crippen LogP contribution in [0.5, 0.6) is 0 Å². The average molecular weight is 231 g/mol. The van der Waals surface area contributed by atoms with Crippen LogP contribution in [-0.4, -0.2) is 24.0 Å². The first-order valence-electron chi connectivity index (χ1n) is 5.02. The third kappa shape index (κ3) is 2.20. The number of aromatic nitrogens is 1. The maximum atomic E-state index is 5.85. The first-order chi connectivity index (χ1) is 6.79. The first kappa shape index (κ1) is 10.2. The predicted octanol–water partition coefficient (Wildman–Crippen LogP) is 2.91. The molecule has 0 aliphatic carbocycles. The number of aryl methyl sites for hydroxylation is 1. The fourth-order valence-corrected chi connectivity index (χ4v) is 2.93. The summed E-state index contributed by atoms with van der Waals surface area (Å²) in [6.45, 7) is 4.28. The van der Waals surface area contributed by atoms with Crippen molar-refractivity contribution in [2.45, 2.75) is 19.8 Å². The van der Waals surface area contributed by atoms with Crippen LogP contribution in [0.4, 0.5) is 5.13 Å². The Labute approximate surface area is 93.9 Å². The summed E-state index contributed by atoms with van der Waals surface area (Å²) in [7, 11) is 0. The van der Waals surface area contributed by atoms with Gasteiger partial charge >= 0.3 is 0 Å². The van der Waals surface area contributed by atoms with Gasteiger partial charge in [0.25, 0.3) is 0 Å². The molecular formula is C10H15ClN2S. The van der Waals surface area contributed by atoms with Crippen molar-refractivity contribution in [2.75, 3.05) is 23.9 Å². The lowest BCUT2D eigenvalue weighted by Gasteiger charge is -2.30. The summed E-state index contributed by atoms with van der Waals surface area (Å²) < 4.78 is 0. The van der Waals surface area contributed by atoms with E-state index in [9.17, 15) is 0 Å². The molecule has 1 aromatic heterocycles. The Balaban J connectivity index is 1.95. The molecule has 0 saturated carbocycles. The molecule has 0 unspecified atom stereocenters. The normalized spacial score (nSPS) is 18.9. The van der Waals surface area contributed by atoms with Crippen molar-refractivity contribution in [3.8, 4) is 0 Å². The number of nitrogens with zero attached hydrogens (tertiary/aromatic N) is 2. The van der Waals surface area contributed by atoms with Gasteiger partial charge in [0.2, 0.25) is 0 Å². The van der Waals surface area contributed by atoms with E-state index in [-0.39, 0.29) is 0 Å². The van der Waals surface area contributed by atoms with E-state index in [2.05, 4.69) is 15.3 Å². The molecule has 1 aromatic rings. The topological polar surface area (TPSA) is 16.1 Å². The second-order valence-corrected chi connectivity index (χ2v) is 5.00. The van der Waals surface area contributed by atoms with E-state index in [4.69, 9.17) is 11.6 Å². The highest BCUT2D eigenvalue weighted by Gasteiger charge is 2.19. The molecule has 1 aliphatic heterocycles. The number of rotatable bonds is 2. The van der Waals surface area contributed by atoms with Crippen LogP contribution < -0.4 is 4.90 Å². The van der Waals surface area contributed by atoms with Gasteiger partial charge in [0, 0.05) is 24.3 Å². The summed E-state index contributed by atoms with van der Waals surface area (Å²) >= 11 is 7.59. The van der Waals surface area contributed by atoms with Gasteiger partial charge in [-0.1, -0.05) is 0 Å². The van der Waals surface area contributed by atoms with Crippen LogP contribution >= 0.6 is 22.9 Å². The van der Waals surface area contributed by atoms with Crippen LogP contribution in [0.25, 0.3) is 0 Å². The quantitative estimate of drug-likeness (QED) is 0.727. The lowest BCUT2D eigenvalue weighted by Crippen LogP contribution is -2.34. The van der Waals surface area contributed by atoms with Crippen LogP contribution in [0.2, 0.25) is 0 Å². The Kier molecular flexibility index (Phi) is 3.29. The van der Waals surface area contributed by atoms with Crippen molar-refractivity contribution in [3.05, 3.63) is 11.1 Å². The zero-order chi connectivity index (χ0) is 9.97. The van der Waals surface area contributed by atoms with Crippen molar-refractivity contribution in [1.29, 1.82) is 0 Å². The number of alkyl halides is 1. The van der Waals surface area contributed by atoms with Gasteiger partial charge in [-0.15, -0.1) is 22.9 Å². The standard InChI is InChI=1S/C10H15ClN2S/c1-8-7-14-10(12-8)13-4-2-9(6-11)3-5-13/h7,9H,2-6H2,1H3. The number of piperidine rings is 1. The van der Waals surface area contributed by atoms with Crippen molar-refractivity contribution in [3.63, 3.8) is 0 Å². The van der Waals surface area contributed by atoms with Crippen molar-refractivity contribution in [1.82, 2.24) is 4.98 Å². The Morgan fingerprint density at radius 3 is 2.79 bits per heavy atom. The summed E-state index contributed by atoms with van der Waals surface area (Å²) in [6, 6.07) is 0. The molecule has 1 fully saturated rings. The third-order valence-corrected chi connectivity index (χ3v) is 4.17. The minimum atomic E-state index is 0.717. The molecule has 0 aromatic carbocycles. The molecule has 2 heterocycles. The van der Waals surface area contributed by atoms with Gasteiger partial charge in [0.1, 0.15) is 0 Å². The summed E-state index contributed by atoms with van der Waals surface area (Å²) in [5.41, 5.74) is 1.13. The predicted molar refractivity (Wildman–Crippen MR) is 62.5 cm³/mol. The summed E-state index contributed by atoms with van der Waals surface area (Å²) in [5, 5.41) is 3.29. The van der Waals surface area contributed by atoms with Crippen LogP contribution in [0.3, 0.4) is 0 Å². The van der Waals surface area contributed by atoms with Crippen molar-refractivity contribution >= 4 is 28.1 Å². The number of halogens is 1. The van der Waals surface area contributed by atoms with Gasteiger partial charge < -0.3 is 4.90 Å². The van der Waals surface area contributed by atoms with Gasteiger partial charge in [-0.25, -0.2) is 4.98 Å². The largest absolute Gasteiger partial charge is 0.348 e. The fourth-order valence-electron chi connectivity index (χ4n) is 1.77. The molecule has 1 aliphatic rings. The maximum Gasteiger partial charge on any atom is 0.185 e. The molecule has 2 nitrogen and oxygen atoms in total. The van der Waals surface area contributed by atoms with E-state index in [1.54, 1.807) is 11.3 Å². The zero-order valence-corrected chi connectivity index (χ0v) is 9.94. The van der Waals surface area contributed by atoms with Gasteiger partial charge in [-0.3, -0.25) is 0 Å². The number of anilines is 1. The van der Waals surface area contributed by atoms with E-state index in [1.165, 1.54) is 18.0 Å². The van der Waals surface area contributed by atoms with Gasteiger partial charge in [0.15, 0.2) is 5.13 Å². The molecule has 0 amide bonds. The number of thiazole rings is 1.